The van der Waals surface area contributed by atoms with Crippen molar-refractivity contribution in [2.75, 3.05) is 13.1 Å². The Morgan fingerprint density at radius 2 is 1.85 bits per heavy atom. The summed E-state index contributed by atoms with van der Waals surface area (Å²) in [6.45, 7) is 7.92. The van der Waals surface area contributed by atoms with E-state index in [4.69, 9.17) is 16.4 Å². The van der Waals surface area contributed by atoms with Gasteiger partial charge in [-0.05, 0) is 60.8 Å². The summed E-state index contributed by atoms with van der Waals surface area (Å²) in [5, 5.41) is 10.7. The van der Waals surface area contributed by atoms with E-state index in [9.17, 15) is 24.0 Å². The molecule has 3 amide bonds. The van der Waals surface area contributed by atoms with E-state index in [-0.39, 0.29) is 43.5 Å². The molecule has 53 heavy (non-hydrogen) atoms. The van der Waals surface area contributed by atoms with Crippen molar-refractivity contribution in [2.24, 2.45) is 22.4 Å². The van der Waals surface area contributed by atoms with Gasteiger partial charge in [-0.1, -0.05) is 88.3 Å². The maximum absolute atomic E-state index is 14.7. The molecule has 1 aromatic carbocycles. The molecule has 1 saturated heterocycles. The molecule has 11 nitrogen and oxygen atoms in total. The minimum absolute atomic E-state index is 0.0715. The van der Waals surface area contributed by atoms with E-state index >= 15 is 0 Å². The van der Waals surface area contributed by atoms with Crippen molar-refractivity contribution in [1.29, 1.82) is 0 Å². The van der Waals surface area contributed by atoms with Crippen molar-refractivity contribution in [1.82, 2.24) is 20.5 Å². The fourth-order valence-corrected chi connectivity index (χ4v) is 8.08. The second-order valence-corrected chi connectivity index (χ2v) is 16.6. The number of amides is 3. The third-order valence-electron chi connectivity index (χ3n) is 10.8. The SMILES string of the molecule is CCC[C@H](CC(=O)[C@@H]1C[C@]2(CC(c3cccc(Cl)c3)=NO2)CN1C(=O)[C@@H](NC(=O)CC1CCCCC1)C(C)(C)C)C(=O)C(=O)NCCc1cccnc1. The first-order valence-corrected chi connectivity index (χ1v) is 19.5. The predicted octanol–water partition coefficient (Wildman–Crippen LogP) is 6.00. The molecule has 2 aliphatic heterocycles. The quantitative estimate of drug-likeness (QED) is 0.212. The second-order valence-electron chi connectivity index (χ2n) is 16.1. The molecular formula is C41H54ClN5O6. The maximum atomic E-state index is 14.7. The smallest absolute Gasteiger partial charge is 0.287 e. The number of oxime groups is 1. The number of rotatable bonds is 15. The number of halogens is 1. The van der Waals surface area contributed by atoms with Crippen LogP contribution in [0.15, 0.2) is 53.9 Å². The van der Waals surface area contributed by atoms with Crippen molar-refractivity contribution < 1.29 is 28.8 Å². The molecule has 12 heteroatoms. The van der Waals surface area contributed by atoms with Crippen LogP contribution in [0.1, 0.15) is 109 Å². The zero-order valence-electron chi connectivity index (χ0n) is 31.5. The molecule has 2 fully saturated rings. The number of aromatic nitrogens is 1. The molecule has 5 rings (SSSR count). The van der Waals surface area contributed by atoms with Crippen molar-refractivity contribution >= 4 is 46.6 Å². The predicted molar refractivity (Wildman–Crippen MR) is 203 cm³/mol. The second kappa shape index (κ2) is 17.8. The van der Waals surface area contributed by atoms with Gasteiger partial charge < -0.3 is 20.4 Å². The Kier molecular flexibility index (Phi) is 13.5. The Morgan fingerprint density at radius 1 is 1.08 bits per heavy atom. The van der Waals surface area contributed by atoms with E-state index in [0.29, 0.717) is 48.8 Å². The Hall–Kier alpha value is -4.12. The van der Waals surface area contributed by atoms with E-state index in [1.165, 1.54) is 11.3 Å². The fourth-order valence-electron chi connectivity index (χ4n) is 7.89. The van der Waals surface area contributed by atoms with Crippen molar-refractivity contribution in [2.45, 2.75) is 122 Å². The molecule has 4 atom stereocenters. The molecule has 0 unspecified atom stereocenters. The fraction of sp³-hybridized carbons (Fsp3) is 0.585. The molecule has 1 saturated carbocycles. The van der Waals surface area contributed by atoms with Crippen LogP contribution < -0.4 is 10.6 Å². The van der Waals surface area contributed by atoms with Crippen LogP contribution in [0.5, 0.6) is 0 Å². The standard InChI is InChI=1S/C41H54ClN5O6/c1-5-11-30(36(50)38(51)44-19-17-28-14-10-18-43-25-28)22-34(48)33-24-41(23-32(46-53-41)29-15-9-16-31(42)21-29)26-47(33)39(52)37(40(2,3)4)45-35(49)20-27-12-7-6-8-13-27/h9-10,14-16,18,21,25,27,30,33,37H,5-8,11-13,17,19-20,22-24,26H2,1-4H3,(H,44,51)(H,45,49)/t30-,33+,37-,41-/m1/s1. The van der Waals surface area contributed by atoms with Gasteiger partial charge in [-0.25, -0.2) is 0 Å². The molecule has 0 radical (unpaired) electrons. The number of carbonyl (C=O) groups excluding carboxylic acids is 5. The van der Waals surface area contributed by atoms with Gasteiger partial charge in [-0.15, -0.1) is 0 Å². The zero-order chi connectivity index (χ0) is 38.2. The third kappa shape index (κ3) is 10.5. The average molecular weight is 748 g/mol. The summed E-state index contributed by atoms with van der Waals surface area (Å²) >= 11 is 6.28. The largest absolute Gasteiger partial charge is 0.387 e. The summed E-state index contributed by atoms with van der Waals surface area (Å²) in [5.74, 6) is -2.82. The van der Waals surface area contributed by atoms with Crippen LogP contribution in [0.3, 0.4) is 0 Å². The molecule has 1 aliphatic carbocycles. The summed E-state index contributed by atoms with van der Waals surface area (Å²) in [4.78, 5) is 80.7. The van der Waals surface area contributed by atoms with Crippen LogP contribution in [-0.2, 0) is 35.2 Å². The lowest BCUT2D eigenvalue weighted by atomic mass is 9.84. The normalized spacial score (nSPS) is 21.4. The van der Waals surface area contributed by atoms with Gasteiger partial charge in [0.15, 0.2) is 11.4 Å². The highest BCUT2D eigenvalue weighted by atomic mass is 35.5. The highest BCUT2D eigenvalue weighted by Gasteiger charge is 2.55. The summed E-state index contributed by atoms with van der Waals surface area (Å²) < 4.78 is 0. The van der Waals surface area contributed by atoms with Crippen molar-refractivity contribution in [3.63, 3.8) is 0 Å². The van der Waals surface area contributed by atoms with E-state index in [0.717, 1.165) is 36.8 Å². The van der Waals surface area contributed by atoms with Gasteiger partial charge in [0.1, 0.15) is 6.04 Å². The summed E-state index contributed by atoms with van der Waals surface area (Å²) in [7, 11) is 0. The monoisotopic (exact) mass is 747 g/mol. The van der Waals surface area contributed by atoms with Gasteiger partial charge >= 0.3 is 0 Å². The number of hydrogen-bond acceptors (Lipinski definition) is 8. The van der Waals surface area contributed by atoms with Crippen LogP contribution in [0.4, 0.5) is 0 Å². The number of pyridine rings is 1. The molecule has 0 bridgehead atoms. The first-order chi connectivity index (χ1) is 25.3. The number of nitrogens with one attached hydrogen (secondary N) is 2. The highest BCUT2D eigenvalue weighted by Crippen LogP contribution is 2.41. The topological polar surface area (TPSA) is 147 Å². The van der Waals surface area contributed by atoms with Crippen LogP contribution in [0.2, 0.25) is 5.02 Å². The summed E-state index contributed by atoms with van der Waals surface area (Å²) in [6.07, 6.45) is 10.8. The number of likely N-dealkylation sites (tertiary alicyclic amines) is 1. The van der Waals surface area contributed by atoms with Gasteiger partial charge in [0, 0.05) is 61.1 Å². The van der Waals surface area contributed by atoms with Crippen LogP contribution in [-0.4, -0.2) is 75.7 Å². The first-order valence-electron chi connectivity index (χ1n) is 19.1. The molecule has 3 aliphatic rings. The number of nitrogens with zero attached hydrogens (tertiary/aromatic N) is 3. The Bertz CT molecular complexity index is 1670. The number of ketones is 2. The van der Waals surface area contributed by atoms with Gasteiger partial charge in [0.25, 0.3) is 5.91 Å². The first kappa shape index (κ1) is 40.1. The molecule has 3 heterocycles. The Labute approximate surface area is 318 Å². The molecule has 2 N–H and O–H groups in total. The van der Waals surface area contributed by atoms with Crippen molar-refractivity contribution in [3.05, 3.63) is 64.9 Å². The lowest BCUT2D eigenvalue weighted by Crippen LogP contribution is -2.57. The highest BCUT2D eigenvalue weighted by molar-refractivity contribution is 6.37. The lowest BCUT2D eigenvalue weighted by molar-refractivity contribution is -0.145. The Balaban J connectivity index is 1.34. The number of hydrogen-bond donors (Lipinski definition) is 2. The minimum atomic E-state index is -0.990. The zero-order valence-corrected chi connectivity index (χ0v) is 32.3. The maximum Gasteiger partial charge on any atom is 0.287 e. The Morgan fingerprint density at radius 3 is 2.53 bits per heavy atom. The van der Waals surface area contributed by atoms with E-state index < -0.39 is 40.7 Å². The molecule has 1 aromatic heterocycles. The molecule has 1 spiro atoms. The molecule has 2 aromatic rings. The third-order valence-corrected chi connectivity index (χ3v) is 11.0. The number of benzene rings is 1. The van der Waals surface area contributed by atoms with Gasteiger partial charge in [0.05, 0.1) is 18.3 Å². The minimum Gasteiger partial charge on any atom is -0.387 e. The van der Waals surface area contributed by atoms with Crippen molar-refractivity contribution in [3.8, 4) is 0 Å². The van der Waals surface area contributed by atoms with E-state index in [1.807, 2.05) is 52.0 Å². The van der Waals surface area contributed by atoms with Gasteiger partial charge in [0.2, 0.25) is 17.6 Å². The van der Waals surface area contributed by atoms with Crippen LogP contribution in [0.25, 0.3) is 0 Å². The molecule has 286 valence electrons. The van der Waals surface area contributed by atoms with E-state index in [2.05, 4.69) is 20.8 Å². The lowest BCUT2D eigenvalue weighted by Gasteiger charge is -2.36. The number of carbonyl (C=O) groups is 5. The van der Waals surface area contributed by atoms with Crippen LogP contribution >= 0.6 is 11.6 Å². The van der Waals surface area contributed by atoms with E-state index in [1.54, 1.807) is 24.5 Å². The summed E-state index contributed by atoms with van der Waals surface area (Å²) in [5.41, 5.74) is 0.707. The van der Waals surface area contributed by atoms with Gasteiger partial charge in [-0.2, -0.15) is 0 Å². The average Bonchev–Trinajstić information content (AvgIpc) is 3.73. The van der Waals surface area contributed by atoms with Crippen LogP contribution in [0, 0.1) is 17.3 Å². The van der Waals surface area contributed by atoms with Gasteiger partial charge in [-0.3, -0.25) is 29.0 Å². The molecular weight excluding hydrogens is 694 g/mol. The summed E-state index contributed by atoms with van der Waals surface area (Å²) in [6, 6.07) is 9.12. The number of Topliss-reactive ketones (excluding diaryl/α,β-unsaturated/α-hetero) is 2.